The van der Waals surface area contributed by atoms with Crippen LogP contribution in [0.25, 0.3) is 0 Å². The average Bonchev–Trinajstić information content (AvgIpc) is 3.43. The molecule has 0 heterocycles. The molecule has 2 N–H and O–H groups in total. The molecular weight excluding hydrogens is 1000 g/mol. The van der Waals surface area contributed by atoms with Crippen molar-refractivity contribution in [2.75, 3.05) is 26.4 Å². The minimum Gasteiger partial charge on any atom is -0.462 e. The van der Waals surface area contributed by atoms with Gasteiger partial charge in [0.05, 0.1) is 19.8 Å². The SMILES string of the molecule is CC/C=C\C/C=C\C/C=C\C/C=C\C/C=C\CCCC(=O)OCC(COP(=O)(O)OCC(CO)OC(=O)CCCCCCCCC/C=C\C/C=C\CCCCC)OC(=O)CCCCCCCCC/C=C\C/C=C\C/C=C\CC. The van der Waals surface area contributed by atoms with Gasteiger partial charge in [-0.1, -0.05) is 219 Å². The van der Waals surface area contributed by atoms with Crippen LogP contribution in [-0.2, 0) is 42.2 Å². The predicted molar refractivity (Wildman–Crippen MR) is 325 cm³/mol. The molecule has 0 amide bonds. The Morgan fingerprint density at radius 1 is 0.372 bits per heavy atom. The molecule has 0 radical (unpaired) electrons. The van der Waals surface area contributed by atoms with Crippen LogP contribution in [0.15, 0.2) is 122 Å². The van der Waals surface area contributed by atoms with E-state index in [0.717, 1.165) is 135 Å². The van der Waals surface area contributed by atoms with Crippen LogP contribution >= 0.6 is 7.82 Å². The Kier molecular flexibility index (Phi) is 55.9. The number of unbranched alkanes of at least 4 members (excludes halogenated alkanes) is 18. The van der Waals surface area contributed by atoms with Gasteiger partial charge in [0.2, 0.25) is 0 Å². The molecule has 0 aromatic rings. The number of allylic oxidation sites excluding steroid dienone is 20. The van der Waals surface area contributed by atoms with E-state index in [0.29, 0.717) is 25.7 Å². The van der Waals surface area contributed by atoms with E-state index in [4.69, 9.17) is 23.3 Å². The smallest absolute Gasteiger partial charge is 0.462 e. The van der Waals surface area contributed by atoms with Crippen molar-refractivity contribution in [3.63, 3.8) is 0 Å². The number of esters is 3. The first-order chi connectivity index (χ1) is 38.2. The molecule has 0 rings (SSSR count). The number of aliphatic hydroxyl groups excluding tert-OH is 1. The average molecular weight is 1110 g/mol. The summed E-state index contributed by atoms with van der Waals surface area (Å²) in [5.41, 5.74) is 0. The molecule has 0 saturated heterocycles. The van der Waals surface area contributed by atoms with Gasteiger partial charge in [-0.3, -0.25) is 23.4 Å². The molecule has 11 nitrogen and oxygen atoms in total. The quantitative estimate of drug-likeness (QED) is 0.0197. The first-order valence-electron chi connectivity index (χ1n) is 30.4. The number of phosphoric ester groups is 1. The Morgan fingerprint density at radius 2 is 0.679 bits per heavy atom. The summed E-state index contributed by atoms with van der Waals surface area (Å²) in [6.45, 7) is 4.31. The van der Waals surface area contributed by atoms with Crippen molar-refractivity contribution in [2.45, 2.75) is 251 Å². The van der Waals surface area contributed by atoms with Crippen LogP contribution in [0.3, 0.4) is 0 Å². The van der Waals surface area contributed by atoms with Crippen LogP contribution in [-0.4, -0.2) is 66.5 Å². The lowest BCUT2D eigenvalue weighted by Gasteiger charge is -2.21. The number of rotatable bonds is 55. The molecule has 0 aliphatic carbocycles. The molecule has 0 aromatic heterocycles. The molecular formula is C66H109O11P. The van der Waals surface area contributed by atoms with Gasteiger partial charge in [-0.15, -0.1) is 0 Å². The van der Waals surface area contributed by atoms with E-state index in [1.54, 1.807) is 0 Å². The van der Waals surface area contributed by atoms with Gasteiger partial charge in [-0.25, -0.2) is 4.57 Å². The summed E-state index contributed by atoms with van der Waals surface area (Å²) in [6.07, 6.45) is 73.0. The molecule has 444 valence electrons. The lowest BCUT2D eigenvalue weighted by molar-refractivity contribution is -0.161. The number of hydrogen-bond donors (Lipinski definition) is 2. The van der Waals surface area contributed by atoms with Gasteiger partial charge in [0.25, 0.3) is 0 Å². The topological polar surface area (TPSA) is 155 Å². The summed E-state index contributed by atoms with van der Waals surface area (Å²) in [4.78, 5) is 48.7. The Morgan fingerprint density at radius 3 is 1.06 bits per heavy atom. The van der Waals surface area contributed by atoms with E-state index in [1.807, 2.05) is 6.08 Å². The number of carbonyl (C=O) groups is 3. The minimum atomic E-state index is -4.78. The normalized spacial score (nSPS) is 14.2. The van der Waals surface area contributed by atoms with E-state index in [2.05, 4.69) is 136 Å². The monoisotopic (exact) mass is 1110 g/mol. The van der Waals surface area contributed by atoms with E-state index < -0.39 is 57.8 Å². The largest absolute Gasteiger partial charge is 0.472 e. The number of hydrogen-bond acceptors (Lipinski definition) is 10. The third kappa shape index (κ3) is 56.6. The minimum absolute atomic E-state index is 0.137. The van der Waals surface area contributed by atoms with Crippen molar-refractivity contribution in [2.24, 2.45) is 0 Å². The summed E-state index contributed by atoms with van der Waals surface area (Å²) in [6, 6.07) is 0. The Hall–Kier alpha value is -4.12. The highest BCUT2D eigenvalue weighted by molar-refractivity contribution is 7.47. The fraction of sp³-hybridized carbons (Fsp3) is 0.652. The standard InChI is InChI=1S/C66H109O11P/c1-4-7-10-13-16-19-22-25-28-31-34-37-40-43-46-49-52-55-64(68)73-59-63(77-66(70)57-54-51-48-45-42-39-36-33-30-27-24-21-18-15-12-9-6-3)61-75-78(71,72)74-60-62(58-67)76-65(69)56-53-50-47-44-41-38-35-32-29-26-23-20-17-14-11-8-5-2/h7,9-10,12,16-21,25-30,34,37,43,46,62-63,67H,4-6,8,11,13-15,22-24,31-33,35-36,38-42,44-45,47-61H2,1-3H3,(H,71,72)/b10-7-,12-9-,19-16-,20-17-,21-18-,28-25-,29-26-,30-27-,37-34-,46-43-. The van der Waals surface area contributed by atoms with Crippen LogP contribution in [0.1, 0.15) is 239 Å². The zero-order valence-electron chi connectivity index (χ0n) is 49.1. The second-order valence-corrected chi connectivity index (χ2v) is 21.2. The fourth-order valence-electron chi connectivity index (χ4n) is 7.79. The summed E-state index contributed by atoms with van der Waals surface area (Å²) >= 11 is 0. The van der Waals surface area contributed by atoms with Crippen LogP contribution < -0.4 is 0 Å². The van der Waals surface area contributed by atoms with Gasteiger partial charge in [0.1, 0.15) is 12.7 Å². The van der Waals surface area contributed by atoms with Crippen LogP contribution in [0.4, 0.5) is 0 Å². The second kappa shape index (κ2) is 59.0. The lowest BCUT2D eigenvalue weighted by atomic mass is 10.1. The van der Waals surface area contributed by atoms with Gasteiger partial charge < -0.3 is 24.2 Å². The molecule has 78 heavy (non-hydrogen) atoms. The number of ether oxygens (including phenoxy) is 3. The summed E-state index contributed by atoms with van der Waals surface area (Å²) in [5.74, 6) is -1.56. The highest BCUT2D eigenvalue weighted by Gasteiger charge is 2.28. The van der Waals surface area contributed by atoms with Crippen molar-refractivity contribution in [1.82, 2.24) is 0 Å². The molecule has 0 aliphatic rings. The van der Waals surface area contributed by atoms with Gasteiger partial charge in [0.15, 0.2) is 6.10 Å². The van der Waals surface area contributed by atoms with Gasteiger partial charge >= 0.3 is 25.7 Å². The Labute approximate surface area is 475 Å². The highest BCUT2D eigenvalue weighted by Crippen LogP contribution is 2.43. The van der Waals surface area contributed by atoms with Crippen molar-refractivity contribution < 1.29 is 52.2 Å². The van der Waals surface area contributed by atoms with Crippen LogP contribution in [0.2, 0.25) is 0 Å². The summed E-state index contributed by atoms with van der Waals surface area (Å²) in [7, 11) is -4.78. The van der Waals surface area contributed by atoms with Crippen LogP contribution in [0.5, 0.6) is 0 Å². The van der Waals surface area contributed by atoms with E-state index in [9.17, 15) is 28.9 Å². The van der Waals surface area contributed by atoms with Crippen molar-refractivity contribution in [1.29, 1.82) is 0 Å². The number of aliphatic hydroxyl groups is 1. The first-order valence-corrected chi connectivity index (χ1v) is 31.9. The number of phosphoric acid groups is 1. The zero-order valence-corrected chi connectivity index (χ0v) is 50.0. The molecule has 12 heteroatoms. The van der Waals surface area contributed by atoms with Crippen molar-refractivity contribution in [3.05, 3.63) is 122 Å². The molecule has 0 bridgehead atoms. The van der Waals surface area contributed by atoms with E-state index in [1.165, 1.54) is 38.5 Å². The zero-order chi connectivity index (χ0) is 56.9. The maximum Gasteiger partial charge on any atom is 0.472 e. The fourth-order valence-corrected chi connectivity index (χ4v) is 8.57. The highest BCUT2D eigenvalue weighted by atomic mass is 31.2. The van der Waals surface area contributed by atoms with E-state index in [-0.39, 0.29) is 25.9 Å². The van der Waals surface area contributed by atoms with Gasteiger partial charge in [0, 0.05) is 19.3 Å². The molecule has 0 spiro atoms. The van der Waals surface area contributed by atoms with Gasteiger partial charge in [-0.05, 0) is 122 Å². The third-order valence-electron chi connectivity index (χ3n) is 12.3. The lowest BCUT2D eigenvalue weighted by Crippen LogP contribution is -2.30. The molecule has 0 fully saturated rings. The molecule has 3 atom stereocenters. The summed E-state index contributed by atoms with van der Waals surface area (Å²) in [5, 5.41) is 9.84. The maximum absolute atomic E-state index is 12.9. The number of carbonyl (C=O) groups excluding carboxylic acids is 3. The second-order valence-electron chi connectivity index (χ2n) is 19.7. The van der Waals surface area contributed by atoms with Crippen LogP contribution in [0, 0.1) is 0 Å². The third-order valence-corrected chi connectivity index (χ3v) is 13.3. The molecule has 3 unspecified atom stereocenters. The van der Waals surface area contributed by atoms with E-state index >= 15 is 0 Å². The summed E-state index contributed by atoms with van der Waals surface area (Å²) < 4.78 is 39.5. The molecule has 0 saturated carbocycles. The predicted octanol–water partition coefficient (Wildman–Crippen LogP) is 18.4. The first kappa shape index (κ1) is 73.9. The van der Waals surface area contributed by atoms with Crippen molar-refractivity contribution in [3.8, 4) is 0 Å². The Bertz CT molecular complexity index is 1770. The Balaban J connectivity index is 4.81. The van der Waals surface area contributed by atoms with Crippen molar-refractivity contribution >= 4 is 25.7 Å². The molecule has 0 aromatic carbocycles. The van der Waals surface area contributed by atoms with Gasteiger partial charge in [-0.2, -0.15) is 0 Å². The molecule has 0 aliphatic heterocycles. The maximum atomic E-state index is 12.9.